The van der Waals surface area contributed by atoms with Gasteiger partial charge in [0.05, 0.1) is 5.41 Å². The van der Waals surface area contributed by atoms with Crippen LogP contribution in [-0.4, -0.2) is 49.5 Å². The lowest BCUT2D eigenvalue weighted by molar-refractivity contribution is -0.156. The Morgan fingerprint density at radius 1 is 0.719 bits per heavy atom. The van der Waals surface area contributed by atoms with Crippen molar-refractivity contribution in [1.82, 2.24) is 0 Å². The molecule has 0 rings (SSSR count). The van der Waals surface area contributed by atoms with Crippen molar-refractivity contribution in [2.75, 3.05) is 19.8 Å². The molecule has 0 unspecified atom stereocenters. The van der Waals surface area contributed by atoms with E-state index in [1.807, 2.05) is 0 Å². The highest BCUT2D eigenvalue weighted by Crippen LogP contribution is 2.24. The Morgan fingerprint density at radius 3 is 1.25 bits per heavy atom. The van der Waals surface area contributed by atoms with Gasteiger partial charge in [-0.05, 0) is 25.0 Å². The van der Waals surface area contributed by atoms with Crippen molar-refractivity contribution in [1.29, 1.82) is 0 Å². The number of primary amides is 2. The van der Waals surface area contributed by atoms with Gasteiger partial charge < -0.3 is 25.7 Å². The Kier molecular flexibility index (Phi) is 16.9. The molecule has 0 saturated heterocycles. The van der Waals surface area contributed by atoms with E-state index in [-0.39, 0.29) is 19.8 Å². The predicted molar refractivity (Wildman–Crippen MR) is 117 cm³/mol. The van der Waals surface area contributed by atoms with Gasteiger partial charge in [0.25, 0.3) is 0 Å². The molecule has 0 fully saturated rings. The summed E-state index contributed by atoms with van der Waals surface area (Å²) in [7, 11) is 0. The van der Waals surface area contributed by atoms with Gasteiger partial charge >= 0.3 is 17.9 Å². The highest BCUT2D eigenvalue weighted by Gasteiger charge is 2.33. The van der Waals surface area contributed by atoms with Crippen LogP contribution in [-0.2, 0) is 38.2 Å². The molecule has 0 aromatic carbocycles. The summed E-state index contributed by atoms with van der Waals surface area (Å²) in [6.07, 6.45) is 9.53. The maximum absolute atomic E-state index is 11.2. The maximum Gasteiger partial charge on any atom is 0.330 e. The molecule has 10 heteroatoms. The Bertz CT molecular complexity index is 671. The van der Waals surface area contributed by atoms with Gasteiger partial charge in [0, 0.05) is 18.2 Å². The first-order chi connectivity index (χ1) is 15.1. The van der Waals surface area contributed by atoms with E-state index in [1.165, 1.54) is 12.2 Å². The summed E-state index contributed by atoms with van der Waals surface area (Å²) >= 11 is 0. The lowest BCUT2D eigenvalue weighted by atomic mass is 9.88. The molecule has 0 spiro atoms. The SMILES string of the molecule is C=CC(=O)OCC(CC)(COC(=O)C=C)COC(=O)C=C.NC(=O)C=CCC=CC(N)=O. The van der Waals surface area contributed by atoms with Crippen LogP contribution in [0.2, 0.25) is 0 Å². The fourth-order valence-corrected chi connectivity index (χ4v) is 1.73. The molecule has 10 nitrogen and oxygen atoms in total. The van der Waals surface area contributed by atoms with Crippen LogP contribution in [0.15, 0.2) is 62.3 Å². The number of ether oxygens (including phenoxy) is 3. The summed E-state index contributed by atoms with van der Waals surface area (Å²) in [6, 6.07) is 0. The molecular weight excluding hydrogens is 420 g/mol. The zero-order chi connectivity index (χ0) is 25.0. The number of esters is 3. The lowest BCUT2D eigenvalue weighted by Gasteiger charge is -2.30. The number of hydrogen-bond acceptors (Lipinski definition) is 8. The van der Waals surface area contributed by atoms with Crippen LogP contribution in [0.1, 0.15) is 19.8 Å². The Balaban J connectivity index is 0. The van der Waals surface area contributed by atoms with E-state index < -0.39 is 35.1 Å². The molecule has 4 N–H and O–H groups in total. The van der Waals surface area contributed by atoms with Crippen molar-refractivity contribution in [3.63, 3.8) is 0 Å². The molecule has 0 atom stereocenters. The molecule has 2 amide bonds. The largest absolute Gasteiger partial charge is 0.462 e. The van der Waals surface area contributed by atoms with Gasteiger partial charge in [0.15, 0.2) is 0 Å². The number of hydrogen-bond donors (Lipinski definition) is 2. The Labute approximate surface area is 187 Å². The first-order valence-electron chi connectivity index (χ1n) is 9.35. The smallest absolute Gasteiger partial charge is 0.330 e. The number of nitrogens with two attached hydrogens (primary N) is 2. The standard InChI is InChI=1S/C15H20O6.C7H10N2O2/c1-5-12(16)19-9-15(8-4,10-20-13(17)6-2)11-21-14(18)7-3;8-6(10)4-2-1-3-5-7(9)11/h5-7H,1-3,8-11H2,4H3;2-5H,1H2,(H2,8,10)(H2,9,11). The lowest BCUT2D eigenvalue weighted by Crippen LogP contribution is -2.38. The Hall–Kier alpha value is -3.95. The minimum atomic E-state index is -0.837. The van der Waals surface area contributed by atoms with Crippen LogP contribution in [0, 0.1) is 5.41 Å². The molecule has 0 bridgehead atoms. The van der Waals surface area contributed by atoms with Crippen molar-refractivity contribution in [3.05, 3.63) is 62.3 Å². The molecule has 176 valence electrons. The molecule has 0 aliphatic rings. The summed E-state index contributed by atoms with van der Waals surface area (Å²) < 4.78 is 15.0. The predicted octanol–water partition coefficient (Wildman–Crippen LogP) is 1.03. The van der Waals surface area contributed by atoms with Gasteiger partial charge in [-0.3, -0.25) is 9.59 Å². The molecule has 32 heavy (non-hydrogen) atoms. The number of amides is 2. The molecule has 0 heterocycles. The fraction of sp³-hybridized carbons (Fsp3) is 0.318. The van der Waals surface area contributed by atoms with E-state index in [1.54, 1.807) is 19.1 Å². The Morgan fingerprint density at radius 2 is 1.03 bits per heavy atom. The van der Waals surface area contributed by atoms with E-state index in [4.69, 9.17) is 25.7 Å². The minimum absolute atomic E-state index is 0.0802. The summed E-state index contributed by atoms with van der Waals surface area (Å²) in [4.78, 5) is 53.8. The molecule has 0 saturated carbocycles. The van der Waals surface area contributed by atoms with E-state index in [0.717, 1.165) is 18.2 Å². The zero-order valence-electron chi connectivity index (χ0n) is 18.1. The number of rotatable bonds is 14. The third-order valence-electron chi connectivity index (χ3n) is 3.65. The van der Waals surface area contributed by atoms with Crippen LogP contribution in [0.5, 0.6) is 0 Å². The van der Waals surface area contributed by atoms with Crippen molar-refractivity contribution in [2.45, 2.75) is 19.8 Å². The topological polar surface area (TPSA) is 165 Å². The first-order valence-corrected chi connectivity index (χ1v) is 9.35. The number of allylic oxidation sites excluding steroid dienone is 2. The van der Waals surface area contributed by atoms with E-state index >= 15 is 0 Å². The van der Waals surface area contributed by atoms with Gasteiger partial charge in [-0.1, -0.05) is 38.8 Å². The quantitative estimate of drug-likeness (QED) is 0.225. The zero-order valence-corrected chi connectivity index (χ0v) is 18.1. The minimum Gasteiger partial charge on any atom is -0.462 e. The average Bonchev–Trinajstić information content (AvgIpc) is 2.77. The van der Waals surface area contributed by atoms with Crippen molar-refractivity contribution in [2.24, 2.45) is 16.9 Å². The third kappa shape index (κ3) is 17.0. The summed E-state index contributed by atoms with van der Waals surface area (Å²) in [6.45, 7) is 11.4. The second-order valence-corrected chi connectivity index (χ2v) is 6.13. The highest BCUT2D eigenvalue weighted by molar-refractivity contribution is 5.86. The average molecular weight is 450 g/mol. The third-order valence-corrected chi connectivity index (χ3v) is 3.65. The summed E-state index contributed by atoms with van der Waals surface area (Å²) in [5, 5.41) is 0. The van der Waals surface area contributed by atoms with E-state index in [9.17, 15) is 24.0 Å². The fourth-order valence-electron chi connectivity index (χ4n) is 1.73. The van der Waals surface area contributed by atoms with Gasteiger partial charge in [-0.25, -0.2) is 14.4 Å². The van der Waals surface area contributed by atoms with Crippen molar-refractivity contribution < 1.29 is 38.2 Å². The molecule has 0 aromatic rings. The van der Waals surface area contributed by atoms with E-state index in [2.05, 4.69) is 19.7 Å². The van der Waals surface area contributed by atoms with Crippen LogP contribution < -0.4 is 11.5 Å². The molecular formula is C22H30N2O8. The summed E-state index contributed by atoms with van der Waals surface area (Å²) in [5.41, 5.74) is 8.75. The van der Waals surface area contributed by atoms with Crippen molar-refractivity contribution >= 4 is 29.7 Å². The van der Waals surface area contributed by atoms with Crippen LogP contribution in [0.3, 0.4) is 0 Å². The number of carbonyl (C=O) groups excluding carboxylic acids is 5. The van der Waals surface area contributed by atoms with Gasteiger partial charge in [0.2, 0.25) is 11.8 Å². The second kappa shape index (κ2) is 17.9. The van der Waals surface area contributed by atoms with Crippen LogP contribution in [0.25, 0.3) is 0 Å². The van der Waals surface area contributed by atoms with Crippen molar-refractivity contribution in [3.8, 4) is 0 Å². The highest BCUT2D eigenvalue weighted by atomic mass is 16.6. The molecule has 0 aliphatic heterocycles. The summed E-state index contributed by atoms with van der Waals surface area (Å²) in [5.74, 6) is -2.84. The monoisotopic (exact) mass is 450 g/mol. The molecule has 0 radical (unpaired) electrons. The maximum atomic E-state index is 11.2. The van der Waals surface area contributed by atoms with Gasteiger partial charge in [-0.2, -0.15) is 0 Å². The molecule has 0 aliphatic carbocycles. The van der Waals surface area contributed by atoms with Gasteiger partial charge in [0.1, 0.15) is 19.8 Å². The normalized spacial score (nSPS) is 10.4. The van der Waals surface area contributed by atoms with Crippen LogP contribution in [0.4, 0.5) is 0 Å². The van der Waals surface area contributed by atoms with Crippen LogP contribution >= 0.6 is 0 Å². The first kappa shape index (κ1) is 30.2. The van der Waals surface area contributed by atoms with Gasteiger partial charge in [-0.15, -0.1) is 0 Å². The number of carbonyl (C=O) groups is 5. The van der Waals surface area contributed by atoms with E-state index in [0.29, 0.717) is 12.8 Å². The second-order valence-electron chi connectivity index (χ2n) is 6.13. The molecule has 0 aromatic heterocycles.